The minimum atomic E-state index is -3.75. The van der Waals surface area contributed by atoms with Gasteiger partial charge in [0.2, 0.25) is 10.0 Å². The summed E-state index contributed by atoms with van der Waals surface area (Å²) in [5.41, 5.74) is 2.13. The van der Waals surface area contributed by atoms with Crippen LogP contribution in [0.1, 0.15) is 22.8 Å². The summed E-state index contributed by atoms with van der Waals surface area (Å²) in [6, 6.07) is 13.3. The molecule has 0 fully saturated rings. The average Bonchev–Trinajstić information content (AvgIpc) is 2.71. The fourth-order valence-corrected chi connectivity index (χ4v) is 5.33. The Morgan fingerprint density at radius 1 is 0.926 bits per heavy atom. The molecule has 138 valence electrons. The van der Waals surface area contributed by atoms with Crippen molar-refractivity contribution in [2.24, 2.45) is 0 Å². The maximum Gasteiger partial charge on any atom is 0.244 e. The first-order valence-electron chi connectivity index (χ1n) is 8.64. The predicted molar refractivity (Wildman–Crippen MR) is 100 cm³/mol. The summed E-state index contributed by atoms with van der Waals surface area (Å²) < 4.78 is 28.1. The molecule has 0 spiro atoms. The van der Waals surface area contributed by atoms with Crippen molar-refractivity contribution in [3.8, 4) is 0 Å². The summed E-state index contributed by atoms with van der Waals surface area (Å²) in [7, 11) is -3.75. The van der Waals surface area contributed by atoms with Crippen LogP contribution in [0.5, 0.6) is 0 Å². The minimum Gasteiger partial charge on any atom is -0.387 e. The SMILES string of the molecule is O=S1(=O)c2ccccc2C(O)C(Cc2ccncc2)N1Cc1cccnc1. The van der Waals surface area contributed by atoms with Gasteiger partial charge in [-0.3, -0.25) is 9.97 Å². The predicted octanol–water partition coefficient (Wildman–Crippen LogP) is 2.33. The first-order chi connectivity index (χ1) is 13.1. The van der Waals surface area contributed by atoms with E-state index in [2.05, 4.69) is 9.97 Å². The number of fused-ring (bicyclic) bond motifs is 1. The fourth-order valence-electron chi connectivity index (χ4n) is 3.48. The lowest BCUT2D eigenvalue weighted by Crippen LogP contribution is -2.48. The summed E-state index contributed by atoms with van der Waals surface area (Å²) in [4.78, 5) is 8.24. The molecule has 3 aromatic rings. The normalized spacial score (nSPS) is 21.5. The Hall–Kier alpha value is -2.61. The molecule has 7 heteroatoms. The van der Waals surface area contributed by atoms with Gasteiger partial charge < -0.3 is 5.11 Å². The molecule has 1 aliphatic heterocycles. The number of aliphatic hydroxyl groups is 1. The second-order valence-corrected chi connectivity index (χ2v) is 8.38. The second-order valence-electron chi connectivity index (χ2n) is 6.52. The molecule has 0 saturated carbocycles. The third-order valence-corrected chi connectivity index (χ3v) is 6.76. The molecule has 2 atom stereocenters. The van der Waals surface area contributed by atoms with Crippen LogP contribution < -0.4 is 0 Å². The highest BCUT2D eigenvalue weighted by Gasteiger charge is 2.43. The van der Waals surface area contributed by atoms with Gasteiger partial charge in [0.1, 0.15) is 0 Å². The third kappa shape index (κ3) is 3.37. The van der Waals surface area contributed by atoms with Crippen LogP contribution in [0, 0.1) is 0 Å². The molecular weight excluding hydrogens is 362 g/mol. The lowest BCUT2D eigenvalue weighted by atomic mass is 9.96. The first kappa shape index (κ1) is 17.8. The fraction of sp³-hybridized carbons (Fsp3) is 0.200. The van der Waals surface area contributed by atoms with Gasteiger partial charge in [-0.25, -0.2) is 8.42 Å². The molecule has 0 amide bonds. The van der Waals surface area contributed by atoms with Crippen molar-refractivity contribution in [3.05, 3.63) is 90.0 Å². The Labute approximate surface area is 158 Å². The summed E-state index contributed by atoms with van der Waals surface area (Å²) in [6.45, 7) is 0.150. The molecule has 4 rings (SSSR count). The zero-order valence-corrected chi connectivity index (χ0v) is 15.3. The average molecular weight is 381 g/mol. The van der Waals surface area contributed by atoms with Crippen molar-refractivity contribution in [2.75, 3.05) is 0 Å². The lowest BCUT2D eigenvalue weighted by molar-refractivity contribution is 0.0769. The Morgan fingerprint density at radius 2 is 1.70 bits per heavy atom. The number of nitrogens with zero attached hydrogens (tertiary/aromatic N) is 3. The molecule has 6 nitrogen and oxygen atoms in total. The molecule has 0 radical (unpaired) electrons. The number of sulfonamides is 1. The van der Waals surface area contributed by atoms with E-state index in [-0.39, 0.29) is 11.4 Å². The third-order valence-electron chi connectivity index (χ3n) is 4.81. The van der Waals surface area contributed by atoms with Crippen LogP contribution in [0.2, 0.25) is 0 Å². The number of hydrogen-bond donors (Lipinski definition) is 1. The van der Waals surface area contributed by atoms with Gasteiger partial charge in [0.25, 0.3) is 0 Å². The Bertz CT molecular complexity index is 1030. The maximum atomic E-state index is 13.3. The van der Waals surface area contributed by atoms with E-state index in [1.54, 1.807) is 55.1 Å². The monoisotopic (exact) mass is 381 g/mol. The molecule has 1 N–H and O–H groups in total. The van der Waals surface area contributed by atoms with Crippen molar-refractivity contribution >= 4 is 10.0 Å². The van der Waals surface area contributed by atoms with Gasteiger partial charge in [0.05, 0.1) is 17.0 Å². The van der Waals surface area contributed by atoms with Crippen LogP contribution in [0.4, 0.5) is 0 Å². The standard InChI is InChI=1S/C20H19N3O3S/c24-20-17-5-1-2-6-19(17)27(25,26)23(14-16-4-3-9-22-13-16)18(20)12-15-7-10-21-11-8-15/h1-11,13,18,20,24H,12,14H2. The topological polar surface area (TPSA) is 83.4 Å². The van der Waals surface area contributed by atoms with E-state index in [9.17, 15) is 13.5 Å². The van der Waals surface area contributed by atoms with Crippen LogP contribution >= 0.6 is 0 Å². The number of aliphatic hydroxyl groups excluding tert-OH is 1. The van der Waals surface area contributed by atoms with Crippen LogP contribution in [0.25, 0.3) is 0 Å². The molecule has 2 aromatic heterocycles. The van der Waals surface area contributed by atoms with Crippen LogP contribution in [0.15, 0.2) is 78.2 Å². The Balaban J connectivity index is 1.80. The smallest absolute Gasteiger partial charge is 0.244 e. The molecule has 1 aliphatic rings. The molecule has 0 bridgehead atoms. The van der Waals surface area contributed by atoms with E-state index >= 15 is 0 Å². The lowest BCUT2D eigenvalue weighted by Gasteiger charge is -2.39. The number of hydrogen-bond acceptors (Lipinski definition) is 5. The summed E-state index contributed by atoms with van der Waals surface area (Å²) >= 11 is 0. The highest BCUT2D eigenvalue weighted by Crippen LogP contribution is 2.38. The van der Waals surface area contributed by atoms with Crippen LogP contribution in [-0.2, 0) is 23.0 Å². The highest BCUT2D eigenvalue weighted by molar-refractivity contribution is 7.89. The maximum absolute atomic E-state index is 13.3. The Morgan fingerprint density at radius 3 is 2.44 bits per heavy atom. The highest BCUT2D eigenvalue weighted by atomic mass is 32.2. The van der Waals surface area contributed by atoms with E-state index in [0.717, 1.165) is 11.1 Å². The largest absolute Gasteiger partial charge is 0.387 e. The van der Waals surface area contributed by atoms with Gasteiger partial charge in [0, 0.05) is 36.9 Å². The number of benzene rings is 1. The molecule has 27 heavy (non-hydrogen) atoms. The van der Waals surface area contributed by atoms with E-state index in [4.69, 9.17) is 0 Å². The quantitative estimate of drug-likeness (QED) is 0.750. The molecule has 0 saturated heterocycles. The second kappa shape index (κ2) is 7.19. The van der Waals surface area contributed by atoms with Gasteiger partial charge in [-0.2, -0.15) is 4.31 Å². The molecule has 0 aliphatic carbocycles. The van der Waals surface area contributed by atoms with Crippen molar-refractivity contribution in [2.45, 2.75) is 30.0 Å². The van der Waals surface area contributed by atoms with E-state index in [1.807, 2.05) is 18.2 Å². The zero-order valence-electron chi connectivity index (χ0n) is 14.5. The number of rotatable bonds is 4. The van der Waals surface area contributed by atoms with Crippen molar-refractivity contribution in [3.63, 3.8) is 0 Å². The molecule has 3 heterocycles. The summed E-state index contributed by atoms with van der Waals surface area (Å²) in [5.74, 6) is 0. The summed E-state index contributed by atoms with van der Waals surface area (Å²) in [6.07, 6.45) is 6.09. The van der Waals surface area contributed by atoms with Crippen LogP contribution in [-0.4, -0.2) is 33.8 Å². The van der Waals surface area contributed by atoms with E-state index in [1.165, 1.54) is 4.31 Å². The van der Waals surface area contributed by atoms with Gasteiger partial charge in [0.15, 0.2) is 0 Å². The van der Waals surface area contributed by atoms with E-state index < -0.39 is 22.2 Å². The van der Waals surface area contributed by atoms with Gasteiger partial charge in [-0.1, -0.05) is 24.3 Å². The van der Waals surface area contributed by atoms with Gasteiger partial charge in [-0.15, -0.1) is 0 Å². The van der Waals surface area contributed by atoms with Gasteiger partial charge in [-0.05, 0) is 41.8 Å². The van der Waals surface area contributed by atoms with Crippen molar-refractivity contribution < 1.29 is 13.5 Å². The van der Waals surface area contributed by atoms with E-state index in [0.29, 0.717) is 12.0 Å². The zero-order chi connectivity index (χ0) is 18.9. The van der Waals surface area contributed by atoms with Crippen LogP contribution in [0.3, 0.4) is 0 Å². The molecule has 2 unspecified atom stereocenters. The van der Waals surface area contributed by atoms with Gasteiger partial charge >= 0.3 is 0 Å². The van der Waals surface area contributed by atoms with Crippen molar-refractivity contribution in [1.29, 1.82) is 0 Å². The molecule has 1 aromatic carbocycles. The minimum absolute atomic E-state index is 0.150. The Kier molecular flexibility index (Phi) is 4.73. The molecular formula is C20H19N3O3S. The van der Waals surface area contributed by atoms with Crippen molar-refractivity contribution in [1.82, 2.24) is 14.3 Å². The summed E-state index contributed by atoms with van der Waals surface area (Å²) in [5, 5.41) is 11.0. The first-order valence-corrected chi connectivity index (χ1v) is 10.1. The number of pyridine rings is 2. The number of aromatic nitrogens is 2.